The van der Waals surface area contributed by atoms with Crippen molar-refractivity contribution in [1.29, 1.82) is 0 Å². The highest BCUT2D eigenvalue weighted by atomic mass is 79.9. The summed E-state index contributed by atoms with van der Waals surface area (Å²) >= 11 is 0. The number of hydrogen-bond acceptors (Lipinski definition) is 3. The van der Waals surface area contributed by atoms with Crippen LogP contribution < -0.4 is 26.7 Å². The lowest BCUT2D eigenvalue weighted by Crippen LogP contribution is -3.00. The molecule has 1 N–H and O–H groups in total. The molecule has 2 rings (SSSR count). The van der Waals surface area contributed by atoms with E-state index in [-0.39, 0.29) is 17.0 Å². The SMILES string of the molecule is CN(Cc1ccccc1)C(=O)[O-].C[n+]1cccc(O)c1.[Br-]. The van der Waals surface area contributed by atoms with E-state index in [0.29, 0.717) is 12.3 Å². The van der Waals surface area contributed by atoms with Crippen LogP contribution >= 0.6 is 0 Å². The quantitative estimate of drug-likeness (QED) is 0.616. The molecule has 0 unspecified atom stereocenters. The number of benzene rings is 1. The number of rotatable bonds is 2. The monoisotopic (exact) mass is 353 g/mol. The lowest BCUT2D eigenvalue weighted by atomic mass is 10.2. The van der Waals surface area contributed by atoms with Crippen LogP contribution in [0.15, 0.2) is 54.9 Å². The van der Waals surface area contributed by atoms with E-state index < -0.39 is 6.09 Å². The largest absolute Gasteiger partial charge is 1.00 e. The minimum atomic E-state index is -1.15. The highest BCUT2D eigenvalue weighted by Crippen LogP contribution is 2.01. The maximum absolute atomic E-state index is 10.3. The van der Waals surface area contributed by atoms with E-state index in [2.05, 4.69) is 0 Å². The topological polar surface area (TPSA) is 67.5 Å². The zero-order valence-electron chi connectivity index (χ0n) is 11.9. The van der Waals surface area contributed by atoms with Gasteiger partial charge in [-0.25, -0.2) is 4.57 Å². The third-order valence-electron chi connectivity index (χ3n) is 2.50. The van der Waals surface area contributed by atoms with Gasteiger partial charge < -0.3 is 36.9 Å². The molecular weight excluding hydrogens is 336 g/mol. The fourth-order valence-corrected chi connectivity index (χ4v) is 1.49. The van der Waals surface area contributed by atoms with E-state index >= 15 is 0 Å². The molecule has 5 nitrogen and oxygen atoms in total. The van der Waals surface area contributed by atoms with Gasteiger partial charge in [0.15, 0.2) is 11.9 Å². The van der Waals surface area contributed by atoms with Crippen LogP contribution in [0, 0.1) is 0 Å². The molecule has 6 heteroatoms. The molecule has 1 aromatic heterocycles. The van der Waals surface area contributed by atoms with Crippen LogP contribution in [0.4, 0.5) is 4.79 Å². The average Bonchev–Trinajstić information content (AvgIpc) is 2.40. The number of aryl methyl sites for hydroxylation is 1. The zero-order valence-corrected chi connectivity index (χ0v) is 13.5. The molecule has 0 aliphatic heterocycles. The maximum atomic E-state index is 10.3. The first kappa shape index (κ1) is 18.9. The lowest BCUT2D eigenvalue weighted by Gasteiger charge is -2.19. The highest BCUT2D eigenvalue weighted by Gasteiger charge is 1.97. The Kier molecular flexibility index (Phi) is 8.80. The van der Waals surface area contributed by atoms with Gasteiger partial charge in [-0.05, 0) is 11.6 Å². The third kappa shape index (κ3) is 7.94. The Labute approximate surface area is 134 Å². The summed E-state index contributed by atoms with van der Waals surface area (Å²) < 4.78 is 1.79. The van der Waals surface area contributed by atoms with Gasteiger partial charge in [0, 0.05) is 19.7 Å². The van der Waals surface area contributed by atoms with Crippen molar-refractivity contribution >= 4 is 6.09 Å². The van der Waals surface area contributed by atoms with E-state index in [1.807, 2.05) is 43.6 Å². The van der Waals surface area contributed by atoms with Gasteiger partial charge in [-0.2, -0.15) is 0 Å². The van der Waals surface area contributed by atoms with Crippen LogP contribution in [-0.4, -0.2) is 23.1 Å². The normalized spacial score (nSPS) is 8.86. The molecule has 1 heterocycles. The highest BCUT2D eigenvalue weighted by molar-refractivity contribution is 5.61. The second kappa shape index (κ2) is 9.77. The van der Waals surface area contributed by atoms with E-state index in [1.54, 1.807) is 22.9 Å². The molecule has 114 valence electrons. The first-order chi connectivity index (χ1) is 9.49. The summed E-state index contributed by atoms with van der Waals surface area (Å²) in [5.41, 5.74) is 0.962. The van der Waals surface area contributed by atoms with Crippen molar-refractivity contribution in [1.82, 2.24) is 4.90 Å². The van der Waals surface area contributed by atoms with Gasteiger partial charge in [0.05, 0.1) is 0 Å². The summed E-state index contributed by atoms with van der Waals surface area (Å²) in [5, 5.41) is 19.1. The van der Waals surface area contributed by atoms with Gasteiger partial charge >= 0.3 is 0 Å². The molecule has 1 amide bonds. The van der Waals surface area contributed by atoms with E-state index in [0.717, 1.165) is 10.5 Å². The fraction of sp³-hybridized carbons (Fsp3) is 0.200. The Bertz CT molecular complexity index is 532. The van der Waals surface area contributed by atoms with Gasteiger partial charge in [-0.15, -0.1) is 0 Å². The standard InChI is InChI=1S/C9H11NO2.C6H7NO.BrH/c1-10(9(11)12)7-8-5-3-2-4-6-8;1-7-4-2-3-6(8)5-7;/h2-6H,7H2,1H3,(H,11,12);2-5H,1H3;1H/p-1. The Morgan fingerprint density at radius 3 is 2.29 bits per heavy atom. The number of nitrogens with zero attached hydrogens (tertiary/aromatic N) is 2. The summed E-state index contributed by atoms with van der Waals surface area (Å²) in [6.07, 6.45) is 2.35. The van der Waals surface area contributed by atoms with Crippen molar-refractivity contribution in [3.8, 4) is 5.75 Å². The smallest absolute Gasteiger partial charge is 0.210 e. The van der Waals surface area contributed by atoms with Crippen LogP contribution in [-0.2, 0) is 13.6 Å². The molecule has 0 bridgehead atoms. The summed E-state index contributed by atoms with van der Waals surface area (Å²) in [6.45, 7) is 0.378. The Morgan fingerprint density at radius 2 is 1.86 bits per heavy atom. The van der Waals surface area contributed by atoms with Crippen LogP contribution in [0.2, 0.25) is 0 Å². The first-order valence-electron chi connectivity index (χ1n) is 6.09. The molecule has 0 saturated heterocycles. The lowest BCUT2D eigenvalue weighted by molar-refractivity contribution is -0.671. The third-order valence-corrected chi connectivity index (χ3v) is 2.50. The molecule has 1 aromatic carbocycles. The van der Waals surface area contributed by atoms with Crippen molar-refractivity contribution in [3.05, 3.63) is 60.4 Å². The predicted molar refractivity (Wildman–Crippen MR) is 72.6 cm³/mol. The number of pyridine rings is 1. The van der Waals surface area contributed by atoms with E-state index in [9.17, 15) is 9.90 Å². The van der Waals surface area contributed by atoms with Gasteiger partial charge in [0.1, 0.15) is 13.1 Å². The summed E-state index contributed by atoms with van der Waals surface area (Å²) in [4.78, 5) is 11.5. The molecule has 21 heavy (non-hydrogen) atoms. The molecule has 0 aliphatic carbocycles. The minimum absolute atomic E-state index is 0. The van der Waals surface area contributed by atoms with Crippen molar-refractivity contribution < 1.29 is 36.6 Å². The van der Waals surface area contributed by atoms with E-state index in [4.69, 9.17) is 5.11 Å². The molecular formula is C15H18BrN2O3-. The molecule has 2 aromatic rings. The predicted octanol–water partition coefficient (Wildman–Crippen LogP) is -2.32. The number of halogens is 1. The number of carbonyl (C=O) groups excluding carboxylic acids is 1. The molecule has 0 aliphatic rings. The number of carbonyl (C=O) groups is 1. The molecule has 0 radical (unpaired) electrons. The second-order valence-corrected chi connectivity index (χ2v) is 4.34. The number of carboxylic acid groups (broad SMARTS) is 1. The van der Waals surface area contributed by atoms with Crippen molar-refractivity contribution in [2.45, 2.75) is 6.54 Å². The number of amides is 1. The number of aromatic hydroxyl groups is 1. The van der Waals surface area contributed by atoms with Gasteiger partial charge in [0.2, 0.25) is 6.20 Å². The summed E-state index contributed by atoms with van der Waals surface area (Å²) in [6, 6.07) is 12.8. The van der Waals surface area contributed by atoms with Crippen LogP contribution in [0.25, 0.3) is 0 Å². The van der Waals surface area contributed by atoms with Crippen LogP contribution in [0.1, 0.15) is 5.56 Å². The number of aromatic nitrogens is 1. The van der Waals surface area contributed by atoms with Gasteiger partial charge in [-0.1, -0.05) is 30.3 Å². The molecule has 0 spiro atoms. The van der Waals surface area contributed by atoms with Gasteiger partial charge in [0.25, 0.3) is 0 Å². The maximum Gasteiger partial charge on any atom is 0.210 e. The Hall–Kier alpha value is -2.08. The first-order valence-corrected chi connectivity index (χ1v) is 6.09. The summed E-state index contributed by atoms with van der Waals surface area (Å²) in [5.74, 6) is 0.301. The average molecular weight is 354 g/mol. The van der Waals surface area contributed by atoms with Crippen LogP contribution in [0.3, 0.4) is 0 Å². The summed E-state index contributed by atoms with van der Waals surface area (Å²) in [7, 11) is 3.35. The van der Waals surface area contributed by atoms with E-state index in [1.165, 1.54) is 7.05 Å². The Morgan fingerprint density at radius 1 is 1.24 bits per heavy atom. The molecule has 0 fully saturated rings. The molecule has 0 saturated carbocycles. The van der Waals surface area contributed by atoms with Crippen LogP contribution in [0.5, 0.6) is 5.75 Å². The van der Waals surface area contributed by atoms with Gasteiger partial charge in [-0.3, -0.25) is 0 Å². The number of hydrogen-bond donors (Lipinski definition) is 1. The fourth-order valence-electron chi connectivity index (χ4n) is 1.49. The van der Waals surface area contributed by atoms with Crippen molar-refractivity contribution in [3.63, 3.8) is 0 Å². The second-order valence-electron chi connectivity index (χ2n) is 4.34. The minimum Gasteiger partial charge on any atom is -1.00 e. The Balaban J connectivity index is 0.000000390. The molecule has 0 atom stereocenters. The van der Waals surface area contributed by atoms with Crippen molar-refractivity contribution in [2.75, 3.05) is 7.05 Å². The van der Waals surface area contributed by atoms with Crippen molar-refractivity contribution in [2.24, 2.45) is 7.05 Å². The zero-order chi connectivity index (χ0) is 15.0.